The Morgan fingerprint density at radius 1 is 0.957 bits per heavy atom. The summed E-state index contributed by atoms with van der Waals surface area (Å²) in [5.74, 6) is 0.247. The van der Waals surface area contributed by atoms with Gasteiger partial charge in [-0.05, 0) is 25.7 Å². The lowest BCUT2D eigenvalue weighted by Crippen LogP contribution is -2.19. The molecular formula is C19H32O4. The number of aliphatic hydroxyl groups excluding tert-OH is 3. The molecule has 23 heavy (non-hydrogen) atoms. The zero-order chi connectivity index (χ0) is 16.7. The molecule has 0 spiro atoms. The average Bonchev–Trinajstić information content (AvgIpc) is 3.04. The molecule has 1 unspecified atom stereocenters. The third-order valence-electron chi connectivity index (χ3n) is 5.52. The molecule has 2 rings (SSSR count). The Balaban J connectivity index is 1.81. The van der Waals surface area contributed by atoms with Crippen molar-refractivity contribution in [3.05, 3.63) is 12.2 Å². The molecule has 0 aromatic heterocycles. The van der Waals surface area contributed by atoms with Crippen molar-refractivity contribution in [2.45, 2.75) is 76.4 Å². The second kappa shape index (κ2) is 9.55. The summed E-state index contributed by atoms with van der Waals surface area (Å²) in [5, 5.41) is 28.8. The van der Waals surface area contributed by atoms with Gasteiger partial charge in [-0.1, -0.05) is 44.3 Å². The summed E-state index contributed by atoms with van der Waals surface area (Å²) in [6.45, 7) is 0.257. The SMILES string of the molecule is O=C1C[C@@H](O)[C@H](/C=C/C2CCC[C@@H]2O)[C@H]1CCCCCCCO. The fraction of sp³-hybridized carbons (Fsp3) is 0.842. The summed E-state index contributed by atoms with van der Waals surface area (Å²) in [6, 6.07) is 0. The van der Waals surface area contributed by atoms with Crippen molar-refractivity contribution in [3.63, 3.8) is 0 Å². The lowest BCUT2D eigenvalue weighted by Gasteiger charge is -2.18. The molecule has 0 bridgehead atoms. The Morgan fingerprint density at radius 3 is 2.39 bits per heavy atom. The maximum atomic E-state index is 12.1. The van der Waals surface area contributed by atoms with Gasteiger partial charge in [-0.25, -0.2) is 0 Å². The molecular weight excluding hydrogens is 292 g/mol. The first-order valence-electron chi connectivity index (χ1n) is 9.31. The number of rotatable bonds is 9. The summed E-state index contributed by atoms with van der Waals surface area (Å²) in [5.41, 5.74) is 0. The molecule has 0 aromatic rings. The van der Waals surface area contributed by atoms with Crippen LogP contribution in [-0.2, 0) is 4.79 Å². The van der Waals surface area contributed by atoms with E-state index in [1.54, 1.807) is 0 Å². The Hall–Kier alpha value is -0.710. The van der Waals surface area contributed by atoms with Crippen LogP contribution in [0.5, 0.6) is 0 Å². The van der Waals surface area contributed by atoms with Crippen LogP contribution in [0.4, 0.5) is 0 Å². The molecule has 132 valence electrons. The van der Waals surface area contributed by atoms with Crippen LogP contribution in [0.3, 0.4) is 0 Å². The van der Waals surface area contributed by atoms with E-state index in [1.807, 2.05) is 12.2 Å². The second-order valence-electron chi connectivity index (χ2n) is 7.25. The van der Waals surface area contributed by atoms with Gasteiger partial charge in [-0.15, -0.1) is 0 Å². The average molecular weight is 324 g/mol. The number of hydrogen-bond donors (Lipinski definition) is 3. The number of ketones is 1. The van der Waals surface area contributed by atoms with Gasteiger partial charge in [-0.2, -0.15) is 0 Å². The molecule has 3 N–H and O–H groups in total. The predicted octanol–water partition coefficient (Wildman–Crippen LogP) is 2.60. The maximum absolute atomic E-state index is 12.1. The number of Topliss-reactive ketones (excluding diaryl/α,β-unsaturated/α-hetero) is 1. The van der Waals surface area contributed by atoms with Crippen molar-refractivity contribution in [3.8, 4) is 0 Å². The van der Waals surface area contributed by atoms with E-state index in [1.165, 1.54) is 0 Å². The van der Waals surface area contributed by atoms with Crippen molar-refractivity contribution in [1.29, 1.82) is 0 Å². The topological polar surface area (TPSA) is 77.8 Å². The molecule has 0 amide bonds. The minimum Gasteiger partial charge on any atom is -0.396 e. The predicted molar refractivity (Wildman–Crippen MR) is 89.9 cm³/mol. The lowest BCUT2D eigenvalue weighted by atomic mass is 9.87. The van der Waals surface area contributed by atoms with Gasteiger partial charge < -0.3 is 15.3 Å². The number of aliphatic hydroxyl groups is 3. The van der Waals surface area contributed by atoms with Crippen LogP contribution in [0.2, 0.25) is 0 Å². The van der Waals surface area contributed by atoms with Gasteiger partial charge in [0.25, 0.3) is 0 Å². The van der Waals surface area contributed by atoms with E-state index in [2.05, 4.69) is 0 Å². The highest BCUT2D eigenvalue weighted by atomic mass is 16.3. The molecule has 0 heterocycles. The highest BCUT2D eigenvalue weighted by Crippen LogP contribution is 2.35. The molecule has 2 aliphatic carbocycles. The summed E-state index contributed by atoms with van der Waals surface area (Å²) >= 11 is 0. The third kappa shape index (κ3) is 5.40. The molecule has 4 nitrogen and oxygen atoms in total. The monoisotopic (exact) mass is 324 g/mol. The molecule has 0 aromatic carbocycles. The summed E-state index contributed by atoms with van der Waals surface area (Å²) < 4.78 is 0. The van der Waals surface area contributed by atoms with Crippen molar-refractivity contribution >= 4 is 5.78 Å². The van der Waals surface area contributed by atoms with Crippen LogP contribution in [0, 0.1) is 17.8 Å². The van der Waals surface area contributed by atoms with Gasteiger partial charge in [0, 0.05) is 30.8 Å². The summed E-state index contributed by atoms with van der Waals surface area (Å²) in [4.78, 5) is 12.1. The van der Waals surface area contributed by atoms with Crippen molar-refractivity contribution < 1.29 is 20.1 Å². The highest BCUT2D eigenvalue weighted by molar-refractivity contribution is 5.84. The van der Waals surface area contributed by atoms with Crippen LogP contribution >= 0.6 is 0 Å². The minimum absolute atomic E-state index is 0.0577. The molecule has 4 heteroatoms. The molecule has 2 saturated carbocycles. The van der Waals surface area contributed by atoms with Crippen LogP contribution in [0.1, 0.15) is 64.2 Å². The Bertz CT molecular complexity index is 393. The van der Waals surface area contributed by atoms with E-state index < -0.39 is 6.10 Å². The quantitative estimate of drug-likeness (QED) is 0.450. The van der Waals surface area contributed by atoms with Gasteiger partial charge in [-0.3, -0.25) is 4.79 Å². The number of carbonyl (C=O) groups excluding carboxylic acids is 1. The van der Waals surface area contributed by atoms with Crippen LogP contribution < -0.4 is 0 Å². The first-order valence-corrected chi connectivity index (χ1v) is 9.31. The number of hydrogen-bond acceptors (Lipinski definition) is 4. The number of carbonyl (C=O) groups is 1. The first kappa shape index (κ1) is 18.6. The summed E-state index contributed by atoms with van der Waals surface area (Å²) in [7, 11) is 0. The fourth-order valence-corrected chi connectivity index (χ4v) is 4.06. The zero-order valence-corrected chi connectivity index (χ0v) is 14.1. The Kier molecular flexibility index (Phi) is 7.74. The minimum atomic E-state index is -0.559. The van der Waals surface area contributed by atoms with E-state index in [9.17, 15) is 15.0 Å². The fourth-order valence-electron chi connectivity index (χ4n) is 4.06. The molecule has 2 fully saturated rings. The van der Waals surface area contributed by atoms with Crippen molar-refractivity contribution in [1.82, 2.24) is 0 Å². The van der Waals surface area contributed by atoms with E-state index >= 15 is 0 Å². The number of unbranched alkanes of at least 4 members (excludes halogenated alkanes) is 4. The first-order chi connectivity index (χ1) is 11.1. The van der Waals surface area contributed by atoms with Crippen molar-refractivity contribution in [2.75, 3.05) is 6.61 Å². The maximum Gasteiger partial charge on any atom is 0.139 e. The standard InChI is InChI=1S/C19H32O4/c20-12-5-3-1-2-4-8-15-16(19(23)13-18(15)22)11-10-14-7-6-9-17(14)21/h10-11,14-17,19-21,23H,1-9,12-13H2/b11-10+/t14?,15-,16-,17+,19-/m1/s1. The van der Waals surface area contributed by atoms with Gasteiger partial charge in [0.2, 0.25) is 0 Å². The van der Waals surface area contributed by atoms with Gasteiger partial charge >= 0.3 is 0 Å². The summed E-state index contributed by atoms with van der Waals surface area (Å²) in [6.07, 6.45) is 12.3. The molecule has 0 saturated heterocycles. The molecule has 2 aliphatic rings. The van der Waals surface area contributed by atoms with Crippen LogP contribution in [0.15, 0.2) is 12.2 Å². The highest BCUT2D eigenvalue weighted by Gasteiger charge is 2.39. The normalized spacial score (nSPS) is 34.7. The lowest BCUT2D eigenvalue weighted by molar-refractivity contribution is -0.121. The largest absolute Gasteiger partial charge is 0.396 e. The smallest absolute Gasteiger partial charge is 0.139 e. The molecule has 5 atom stereocenters. The van der Waals surface area contributed by atoms with Gasteiger partial charge in [0.05, 0.1) is 12.2 Å². The zero-order valence-electron chi connectivity index (χ0n) is 14.1. The van der Waals surface area contributed by atoms with Crippen molar-refractivity contribution in [2.24, 2.45) is 17.8 Å². The molecule has 0 radical (unpaired) electrons. The van der Waals surface area contributed by atoms with E-state index in [-0.39, 0.29) is 42.7 Å². The Labute approximate surface area is 139 Å². The van der Waals surface area contributed by atoms with Gasteiger partial charge in [0.1, 0.15) is 5.78 Å². The Morgan fingerprint density at radius 2 is 1.70 bits per heavy atom. The van der Waals surface area contributed by atoms with Crippen LogP contribution in [-0.4, -0.2) is 39.9 Å². The third-order valence-corrected chi connectivity index (χ3v) is 5.52. The van der Waals surface area contributed by atoms with Crippen LogP contribution in [0.25, 0.3) is 0 Å². The molecule has 0 aliphatic heterocycles. The van der Waals surface area contributed by atoms with E-state index in [0.717, 1.165) is 57.8 Å². The van der Waals surface area contributed by atoms with Gasteiger partial charge in [0.15, 0.2) is 0 Å². The second-order valence-corrected chi connectivity index (χ2v) is 7.25. The van der Waals surface area contributed by atoms with E-state index in [4.69, 9.17) is 5.11 Å². The van der Waals surface area contributed by atoms with E-state index in [0.29, 0.717) is 0 Å².